The molecule has 0 unspecified atom stereocenters. The van der Waals surface area contributed by atoms with Crippen LogP contribution >= 0.6 is 11.8 Å². The van der Waals surface area contributed by atoms with Crippen LogP contribution in [-0.4, -0.2) is 22.7 Å². The van der Waals surface area contributed by atoms with Crippen LogP contribution in [0.3, 0.4) is 0 Å². The Labute approximate surface area is 129 Å². The second-order valence-corrected chi connectivity index (χ2v) is 5.68. The predicted molar refractivity (Wildman–Crippen MR) is 81.8 cm³/mol. The summed E-state index contributed by atoms with van der Waals surface area (Å²) in [5.41, 5.74) is 1.06. The molecule has 0 bridgehead atoms. The van der Waals surface area contributed by atoms with E-state index in [1.165, 1.54) is 17.8 Å². The van der Waals surface area contributed by atoms with Gasteiger partial charge in [0.15, 0.2) is 0 Å². The SMILES string of the molecule is O=C1CSc2ccc(NC(=O)c3ccc(F)cc3O)cc2N1. The molecule has 2 aromatic carbocycles. The molecule has 3 rings (SSSR count). The number of anilines is 2. The highest BCUT2D eigenvalue weighted by atomic mass is 32.2. The van der Waals surface area contributed by atoms with Crippen LogP contribution in [0.15, 0.2) is 41.3 Å². The van der Waals surface area contributed by atoms with Crippen LogP contribution in [0.5, 0.6) is 5.75 Å². The lowest BCUT2D eigenvalue weighted by Crippen LogP contribution is -2.19. The standard InChI is InChI=1S/C15H11FN2O3S/c16-8-1-3-10(12(19)5-8)15(21)17-9-2-4-13-11(6-9)18-14(20)7-22-13/h1-6,19H,7H2,(H,17,21)(H,18,20). The van der Waals surface area contributed by atoms with Gasteiger partial charge in [-0.3, -0.25) is 9.59 Å². The average Bonchev–Trinajstić information content (AvgIpc) is 2.46. The van der Waals surface area contributed by atoms with Crippen molar-refractivity contribution in [3.8, 4) is 5.75 Å². The van der Waals surface area contributed by atoms with Crippen molar-refractivity contribution in [1.82, 2.24) is 0 Å². The normalized spacial score (nSPS) is 13.2. The lowest BCUT2D eigenvalue weighted by Gasteiger charge is -2.17. The van der Waals surface area contributed by atoms with Gasteiger partial charge in [-0.25, -0.2) is 4.39 Å². The minimum absolute atomic E-state index is 0.0301. The van der Waals surface area contributed by atoms with Crippen molar-refractivity contribution < 1.29 is 19.1 Å². The Kier molecular flexibility index (Phi) is 3.72. The van der Waals surface area contributed by atoms with Crippen LogP contribution in [0.4, 0.5) is 15.8 Å². The number of aromatic hydroxyl groups is 1. The van der Waals surface area contributed by atoms with E-state index in [0.717, 1.165) is 17.0 Å². The van der Waals surface area contributed by atoms with Gasteiger partial charge in [-0.05, 0) is 30.3 Å². The van der Waals surface area contributed by atoms with E-state index in [1.54, 1.807) is 18.2 Å². The third-order valence-electron chi connectivity index (χ3n) is 3.07. The number of hydrogen-bond acceptors (Lipinski definition) is 4. The van der Waals surface area contributed by atoms with Gasteiger partial charge in [0.2, 0.25) is 5.91 Å². The maximum Gasteiger partial charge on any atom is 0.259 e. The van der Waals surface area contributed by atoms with Gasteiger partial charge in [-0.2, -0.15) is 0 Å². The molecule has 1 aliphatic rings. The maximum atomic E-state index is 12.9. The number of nitrogens with one attached hydrogen (secondary N) is 2. The summed E-state index contributed by atoms with van der Waals surface area (Å²) in [6.45, 7) is 0. The number of amides is 2. The molecule has 0 aromatic heterocycles. The number of carbonyl (C=O) groups excluding carboxylic acids is 2. The minimum atomic E-state index is -0.623. The van der Waals surface area contributed by atoms with E-state index in [-0.39, 0.29) is 11.5 Å². The maximum absolute atomic E-state index is 12.9. The van der Waals surface area contributed by atoms with E-state index in [0.29, 0.717) is 17.1 Å². The lowest BCUT2D eigenvalue weighted by atomic mass is 10.1. The van der Waals surface area contributed by atoms with Crippen LogP contribution in [0.2, 0.25) is 0 Å². The largest absolute Gasteiger partial charge is 0.507 e. The van der Waals surface area contributed by atoms with Crippen molar-refractivity contribution in [1.29, 1.82) is 0 Å². The second-order valence-electron chi connectivity index (χ2n) is 4.66. The highest BCUT2D eigenvalue weighted by Gasteiger charge is 2.17. The molecule has 112 valence electrons. The monoisotopic (exact) mass is 318 g/mol. The molecule has 0 atom stereocenters. The molecule has 22 heavy (non-hydrogen) atoms. The fourth-order valence-corrected chi connectivity index (χ4v) is 2.84. The molecule has 3 N–H and O–H groups in total. The Morgan fingerprint density at radius 3 is 2.86 bits per heavy atom. The predicted octanol–water partition coefficient (Wildman–Crippen LogP) is 2.83. The zero-order chi connectivity index (χ0) is 15.7. The molecule has 0 spiro atoms. The van der Waals surface area contributed by atoms with E-state index < -0.39 is 17.5 Å². The number of phenolic OH excluding ortho intramolecular Hbond substituents is 1. The summed E-state index contributed by atoms with van der Waals surface area (Å²) < 4.78 is 12.9. The molecular formula is C15H11FN2O3S. The molecule has 0 saturated carbocycles. The van der Waals surface area contributed by atoms with Gasteiger partial charge in [-0.1, -0.05) is 0 Å². The smallest absolute Gasteiger partial charge is 0.259 e. The van der Waals surface area contributed by atoms with Crippen molar-refractivity contribution in [3.05, 3.63) is 47.8 Å². The number of phenols is 1. The van der Waals surface area contributed by atoms with Gasteiger partial charge < -0.3 is 15.7 Å². The zero-order valence-corrected chi connectivity index (χ0v) is 12.0. The summed E-state index contributed by atoms with van der Waals surface area (Å²) in [7, 11) is 0. The molecule has 2 aromatic rings. The van der Waals surface area contributed by atoms with Crippen LogP contribution in [0, 0.1) is 5.82 Å². The third kappa shape index (κ3) is 2.89. The fraction of sp³-hybridized carbons (Fsp3) is 0.0667. The first kappa shape index (κ1) is 14.4. The minimum Gasteiger partial charge on any atom is -0.507 e. The second kappa shape index (κ2) is 5.69. The first-order valence-electron chi connectivity index (χ1n) is 6.39. The highest BCUT2D eigenvalue weighted by Crippen LogP contribution is 2.33. The first-order chi connectivity index (χ1) is 10.5. The van der Waals surface area contributed by atoms with Gasteiger partial charge in [0.05, 0.1) is 17.0 Å². The van der Waals surface area contributed by atoms with E-state index >= 15 is 0 Å². The quantitative estimate of drug-likeness (QED) is 0.795. The number of benzene rings is 2. The van der Waals surface area contributed by atoms with E-state index in [1.807, 2.05) is 0 Å². The number of hydrogen-bond donors (Lipinski definition) is 3. The Bertz CT molecular complexity index is 779. The summed E-state index contributed by atoms with van der Waals surface area (Å²) in [6, 6.07) is 8.30. The summed E-state index contributed by atoms with van der Waals surface area (Å²) in [5.74, 6) is -1.35. The Hall–Kier alpha value is -2.54. The van der Waals surface area contributed by atoms with Crippen LogP contribution < -0.4 is 10.6 Å². The number of thioether (sulfide) groups is 1. The molecule has 0 aliphatic carbocycles. The molecule has 1 heterocycles. The molecule has 2 amide bonds. The van der Waals surface area contributed by atoms with Crippen molar-refractivity contribution in [2.75, 3.05) is 16.4 Å². The van der Waals surface area contributed by atoms with Crippen molar-refractivity contribution in [3.63, 3.8) is 0 Å². The van der Waals surface area contributed by atoms with E-state index in [4.69, 9.17) is 0 Å². The zero-order valence-electron chi connectivity index (χ0n) is 11.2. The first-order valence-corrected chi connectivity index (χ1v) is 7.38. The van der Waals surface area contributed by atoms with Gasteiger partial charge in [0, 0.05) is 16.6 Å². The Balaban J connectivity index is 1.82. The summed E-state index contributed by atoms with van der Waals surface area (Å²) in [4.78, 5) is 24.4. The van der Waals surface area contributed by atoms with Crippen molar-refractivity contribution >= 4 is 35.0 Å². The van der Waals surface area contributed by atoms with Gasteiger partial charge in [-0.15, -0.1) is 11.8 Å². The lowest BCUT2D eigenvalue weighted by molar-refractivity contribution is -0.113. The van der Waals surface area contributed by atoms with Crippen LogP contribution in [-0.2, 0) is 4.79 Å². The Morgan fingerprint density at radius 2 is 2.09 bits per heavy atom. The number of halogens is 1. The van der Waals surface area contributed by atoms with Gasteiger partial charge >= 0.3 is 0 Å². The molecule has 0 fully saturated rings. The molecule has 0 radical (unpaired) electrons. The molecule has 5 nitrogen and oxygen atoms in total. The van der Waals surface area contributed by atoms with Crippen molar-refractivity contribution in [2.24, 2.45) is 0 Å². The van der Waals surface area contributed by atoms with Crippen LogP contribution in [0.25, 0.3) is 0 Å². The summed E-state index contributed by atoms with van der Waals surface area (Å²) in [5, 5.41) is 14.9. The fourth-order valence-electron chi connectivity index (χ4n) is 2.06. The number of rotatable bonds is 2. The number of fused-ring (bicyclic) bond motifs is 1. The molecule has 0 saturated heterocycles. The summed E-state index contributed by atoms with van der Waals surface area (Å²) >= 11 is 1.42. The molecule has 1 aliphatic heterocycles. The van der Waals surface area contributed by atoms with Gasteiger partial charge in [0.1, 0.15) is 11.6 Å². The van der Waals surface area contributed by atoms with Crippen molar-refractivity contribution in [2.45, 2.75) is 4.90 Å². The topological polar surface area (TPSA) is 78.4 Å². The van der Waals surface area contributed by atoms with E-state index in [2.05, 4.69) is 10.6 Å². The Morgan fingerprint density at radius 1 is 1.27 bits per heavy atom. The number of carbonyl (C=O) groups is 2. The van der Waals surface area contributed by atoms with Crippen LogP contribution in [0.1, 0.15) is 10.4 Å². The molecule has 7 heteroatoms. The van der Waals surface area contributed by atoms with E-state index in [9.17, 15) is 19.1 Å². The third-order valence-corrected chi connectivity index (χ3v) is 4.15. The molecular weight excluding hydrogens is 307 g/mol. The summed E-state index contributed by atoms with van der Waals surface area (Å²) in [6.07, 6.45) is 0. The average molecular weight is 318 g/mol. The van der Waals surface area contributed by atoms with Gasteiger partial charge in [0.25, 0.3) is 5.91 Å². The highest BCUT2D eigenvalue weighted by molar-refractivity contribution is 8.00.